The number of guanidine groups is 1. The molecule has 0 amide bonds. The third kappa shape index (κ3) is 7.08. The zero-order valence-electron chi connectivity index (χ0n) is 17.5. The van der Waals surface area contributed by atoms with Crippen LogP contribution in [0, 0.1) is 0 Å². The van der Waals surface area contributed by atoms with Crippen LogP contribution in [0.1, 0.15) is 24.8 Å². The first kappa shape index (κ1) is 23.8. The van der Waals surface area contributed by atoms with E-state index >= 15 is 0 Å². The smallest absolute Gasteiger partial charge is 0.193 e. The van der Waals surface area contributed by atoms with Crippen molar-refractivity contribution in [2.24, 2.45) is 4.99 Å². The lowest BCUT2D eigenvalue weighted by Gasteiger charge is -2.34. The Morgan fingerprint density at radius 2 is 2.00 bits per heavy atom. The molecule has 0 spiro atoms. The summed E-state index contributed by atoms with van der Waals surface area (Å²) in [4.78, 5) is 11.3. The molecule has 1 aliphatic rings. The van der Waals surface area contributed by atoms with Crippen LogP contribution < -0.4 is 5.32 Å². The summed E-state index contributed by atoms with van der Waals surface area (Å²) in [6, 6.07) is 10.5. The first-order valence-electron chi connectivity index (χ1n) is 10.2. The summed E-state index contributed by atoms with van der Waals surface area (Å²) >= 11 is 0. The Kier molecular flexibility index (Phi) is 10.7. The Morgan fingerprint density at radius 3 is 2.76 bits per heavy atom. The van der Waals surface area contributed by atoms with E-state index in [0.717, 1.165) is 70.0 Å². The Hall–Kier alpha value is -1.45. The fourth-order valence-corrected chi connectivity index (χ4v) is 3.70. The normalized spacial score (nSPS) is 15.4. The van der Waals surface area contributed by atoms with Crippen molar-refractivity contribution in [1.29, 1.82) is 0 Å². The van der Waals surface area contributed by atoms with Crippen molar-refractivity contribution in [1.82, 2.24) is 15.2 Å². The number of hydrogen-bond acceptors (Lipinski definition) is 4. The van der Waals surface area contributed by atoms with Crippen LogP contribution in [0.4, 0.5) is 0 Å². The molecular weight excluding hydrogens is 479 g/mol. The average molecular weight is 512 g/mol. The summed E-state index contributed by atoms with van der Waals surface area (Å²) < 4.78 is 11.0. The first-order chi connectivity index (χ1) is 13.8. The Balaban J connectivity index is 0.00000300. The number of rotatable bonds is 8. The first-order valence-corrected chi connectivity index (χ1v) is 10.2. The van der Waals surface area contributed by atoms with Crippen LogP contribution in [-0.2, 0) is 15.9 Å². The fraction of sp³-hybridized carbons (Fsp3) is 0.545. The monoisotopic (exact) mass is 512 g/mol. The number of ether oxygens (including phenoxy) is 2. The number of fused-ring (bicyclic) bond motifs is 1. The lowest BCUT2D eigenvalue weighted by molar-refractivity contribution is 0.00992. The molecule has 1 aromatic heterocycles. The molecule has 0 bridgehead atoms. The number of pyridine rings is 1. The van der Waals surface area contributed by atoms with Crippen LogP contribution in [-0.4, -0.2) is 69.0 Å². The minimum Gasteiger partial charge on any atom is -0.385 e. The lowest BCUT2D eigenvalue weighted by atomic mass is 10.1. The molecule has 6 nitrogen and oxygen atoms in total. The van der Waals surface area contributed by atoms with Crippen LogP contribution in [0.2, 0.25) is 0 Å². The molecule has 7 heteroatoms. The van der Waals surface area contributed by atoms with E-state index in [9.17, 15) is 0 Å². The number of nitrogens with one attached hydrogen (secondary N) is 1. The van der Waals surface area contributed by atoms with Crippen molar-refractivity contribution >= 4 is 40.8 Å². The Labute approximate surface area is 191 Å². The predicted octanol–water partition coefficient (Wildman–Crippen LogP) is 3.49. The number of nitrogens with zero attached hydrogens (tertiary/aromatic N) is 3. The number of halogens is 1. The van der Waals surface area contributed by atoms with Gasteiger partial charge in [0, 0.05) is 58.6 Å². The Bertz CT molecular complexity index is 758. The molecule has 0 atom stereocenters. The van der Waals surface area contributed by atoms with Crippen molar-refractivity contribution in [3.8, 4) is 0 Å². The van der Waals surface area contributed by atoms with Gasteiger partial charge in [-0.2, -0.15) is 0 Å². The molecule has 1 N–H and O–H groups in total. The summed E-state index contributed by atoms with van der Waals surface area (Å²) in [6.07, 6.45) is 6.18. The second-order valence-corrected chi connectivity index (χ2v) is 7.12. The van der Waals surface area contributed by atoms with E-state index in [1.165, 1.54) is 10.9 Å². The highest BCUT2D eigenvalue weighted by molar-refractivity contribution is 14.0. The van der Waals surface area contributed by atoms with E-state index < -0.39 is 0 Å². The molecule has 1 saturated heterocycles. The molecule has 3 rings (SSSR count). The van der Waals surface area contributed by atoms with Gasteiger partial charge in [-0.25, -0.2) is 0 Å². The number of methoxy groups -OCH3 is 1. The van der Waals surface area contributed by atoms with E-state index in [1.54, 1.807) is 7.11 Å². The molecule has 2 aromatic rings. The van der Waals surface area contributed by atoms with Gasteiger partial charge in [-0.1, -0.05) is 24.3 Å². The fourth-order valence-electron chi connectivity index (χ4n) is 3.70. The minimum atomic E-state index is 0. The van der Waals surface area contributed by atoms with Gasteiger partial charge in [-0.05, 0) is 37.3 Å². The van der Waals surface area contributed by atoms with E-state index in [2.05, 4.69) is 44.5 Å². The number of piperidine rings is 1. The van der Waals surface area contributed by atoms with Gasteiger partial charge in [0.05, 0.1) is 11.6 Å². The summed E-state index contributed by atoms with van der Waals surface area (Å²) in [5.41, 5.74) is 2.36. The maximum atomic E-state index is 5.95. The molecule has 1 aromatic carbocycles. The maximum Gasteiger partial charge on any atom is 0.193 e. The van der Waals surface area contributed by atoms with Gasteiger partial charge < -0.3 is 19.7 Å². The number of aromatic nitrogens is 1. The van der Waals surface area contributed by atoms with Crippen molar-refractivity contribution in [2.75, 3.05) is 47.0 Å². The number of likely N-dealkylation sites (tertiary alicyclic amines) is 1. The van der Waals surface area contributed by atoms with Crippen molar-refractivity contribution in [3.63, 3.8) is 0 Å². The second kappa shape index (κ2) is 13.0. The molecule has 0 aliphatic carbocycles. The zero-order chi connectivity index (χ0) is 19.6. The molecule has 2 heterocycles. The largest absolute Gasteiger partial charge is 0.385 e. The lowest BCUT2D eigenvalue weighted by Crippen LogP contribution is -2.47. The topological polar surface area (TPSA) is 59.0 Å². The Morgan fingerprint density at radius 1 is 1.21 bits per heavy atom. The van der Waals surface area contributed by atoms with Crippen molar-refractivity contribution in [3.05, 3.63) is 42.1 Å². The van der Waals surface area contributed by atoms with Gasteiger partial charge in [0.25, 0.3) is 0 Å². The average Bonchev–Trinajstić information content (AvgIpc) is 2.75. The molecular formula is C22H33IN4O2. The zero-order valence-corrected chi connectivity index (χ0v) is 19.8. The summed E-state index contributed by atoms with van der Waals surface area (Å²) in [7, 11) is 3.59. The highest BCUT2D eigenvalue weighted by Crippen LogP contribution is 2.17. The van der Waals surface area contributed by atoms with Crippen LogP contribution in [0.15, 0.2) is 41.5 Å². The van der Waals surface area contributed by atoms with Crippen LogP contribution in [0.5, 0.6) is 0 Å². The summed E-state index contributed by atoms with van der Waals surface area (Å²) in [6.45, 7) is 4.34. The van der Waals surface area contributed by atoms with Crippen molar-refractivity contribution < 1.29 is 9.47 Å². The van der Waals surface area contributed by atoms with Crippen LogP contribution in [0.25, 0.3) is 10.9 Å². The third-order valence-corrected chi connectivity index (χ3v) is 5.19. The predicted molar refractivity (Wildman–Crippen MR) is 129 cm³/mol. The molecule has 0 unspecified atom stereocenters. The number of benzene rings is 1. The summed E-state index contributed by atoms with van der Waals surface area (Å²) in [5.74, 6) is 0.978. The van der Waals surface area contributed by atoms with Gasteiger partial charge in [0.2, 0.25) is 0 Å². The molecule has 1 aliphatic heterocycles. The molecule has 0 radical (unpaired) electrons. The second-order valence-electron chi connectivity index (χ2n) is 7.12. The van der Waals surface area contributed by atoms with Gasteiger partial charge in [0.15, 0.2) is 5.96 Å². The quantitative estimate of drug-likeness (QED) is 0.254. The van der Waals surface area contributed by atoms with E-state index in [0.29, 0.717) is 6.10 Å². The van der Waals surface area contributed by atoms with Crippen LogP contribution in [0.3, 0.4) is 0 Å². The summed E-state index contributed by atoms with van der Waals surface area (Å²) in [5, 5.41) is 4.71. The standard InChI is InChI=1S/C22H32N4O2.HI/c1-23-22(26-14-10-20(11-15-26)28-17-5-16-27-2)25-13-9-19-7-3-6-18-8-4-12-24-21(18)19;/h3-4,6-8,12,20H,5,9-11,13-17H2,1-2H3,(H,23,25);1H. The number of aliphatic imine (C=N–C) groups is 1. The highest BCUT2D eigenvalue weighted by atomic mass is 127. The maximum absolute atomic E-state index is 5.95. The molecule has 160 valence electrons. The number of hydrogen-bond donors (Lipinski definition) is 1. The van der Waals surface area contributed by atoms with E-state index in [4.69, 9.17) is 9.47 Å². The SMILES string of the molecule is CN=C(NCCc1cccc2cccnc12)N1CCC(OCCCOC)CC1.I. The minimum absolute atomic E-state index is 0. The van der Waals surface area contributed by atoms with Gasteiger partial charge in [-0.3, -0.25) is 9.98 Å². The van der Waals surface area contributed by atoms with E-state index in [1.807, 2.05) is 19.3 Å². The van der Waals surface area contributed by atoms with Gasteiger partial charge in [-0.15, -0.1) is 24.0 Å². The van der Waals surface area contributed by atoms with Crippen LogP contribution >= 0.6 is 24.0 Å². The third-order valence-electron chi connectivity index (χ3n) is 5.19. The number of para-hydroxylation sites is 1. The molecule has 1 fully saturated rings. The van der Waals surface area contributed by atoms with Crippen molar-refractivity contribution in [2.45, 2.75) is 31.8 Å². The molecule has 0 saturated carbocycles. The van der Waals surface area contributed by atoms with E-state index in [-0.39, 0.29) is 24.0 Å². The van der Waals surface area contributed by atoms with Gasteiger partial charge in [0.1, 0.15) is 0 Å². The highest BCUT2D eigenvalue weighted by Gasteiger charge is 2.21. The molecule has 29 heavy (non-hydrogen) atoms. The van der Waals surface area contributed by atoms with Gasteiger partial charge >= 0.3 is 0 Å².